The minimum absolute atomic E-state index is 0.0734. The van der Waals surface area contributed by atoms with Gasteiger partial charge in [0.2, 0.25) is 5.91 Å². The summed E-state index contributed by atoms with van der Waals surface area (Å²) in [4.78, 5) is 30.1. The van der Waals surface area contributed by atoms with E-state index in [9.17, 15) is 18.4 Å². The molecule has 0 spiro atoms. The molecule has 0 unspecified atom stereocenters. The molecule has 10 heteroatoms. The number of nitrogens with one attached hydrogen (secondary N) is 1. The van der Waals surface area contributed by atoms with Crippen molar-refractivity contribution in [3.63, 3.8) is 0 Å². The summed E-state index contributed by atoms with van der Waals surface area (Å²) in [6.45, 7) is 1.70. The molecule has 4 aromatic rings. The Hall–Kier alpha value is -2.75. The molecule has 0 aliphatic heterocycles. The summed E-state index contributed by atoms with van der Waals surface area (Å²) < 4.78 is 28.6. The van der Waals surface area contributed by atoms with Gasteiger partial charge in [-0.3, -0.25) is 14.2 Å². The Morgan fingerprint density at radius 2 is 1.94 bits per heavy atom. The van der Waals surface area contributed by atoms with Gasteiger partial charge in [0.1, 0.15) is 16.3 Å². The summed E-state index contributed by atoms with van der Waals surface area (Å²) in [5, 5.41) is 4.75. The Bertz CT molecular complexity index is 1370. The van der Waals surface area contributed by atoms with Crippen LogP contribution in [0.25, 0.3) is 15.9 Å². The van der Waals surface area contributed by atoms with Crippen LogP contribution in [0.2, 0.25) is 5.02 Å². The van der Waals surface area contributed by atoms with Crippen molar-refractivity contribution < 1.29 is 13.6 Å². The fourth-order valence-electron chi connectivity index (χ4n) is 2.98. The average Bonchev–Trinajstić information content (AvgIpc) is 3.18. The van der Waals surface area contributed by atoms with E-state index in [1.165, 1.54) is 46.2 Å². The van der Waals surface area contributed by atoms with E-state index < -0.39 is 17.5 Å². The average molecular weight is 478 g/mol. The van der Waals surface area contributed by atoms with Crippen molar-refractivity contribution in [1.82, 2.24) is 9.55 Å². The SMILES string of the molecule is Cc1cc(F)ccc1-n1c(SCC(=O)Nc2ccc(F)cc2Cl)nc2ccsc2c1=O. The Labute approximate surface area is 188 Å². The van der Waals surface area contributed by atoms with E-state index in [1.807, 2.05) is 0 Å². The zero-order valence-electron chi connectivity index (χ0n) is 16.0. The monoisotopic (exact) mass is 477 g/mol. The molecule has 0 bridgehead atoms. The van der Waals surface area contributed by atoms with E-state index in [0.717, 1.165) is 17.8 Å². The van der Waals surface area contributed by atoms with Crippen molar-refractivity contribution in [2.75, 3.05) is 11.1 Å². The lowest BCUT2D eigenvalue weighted by molar-refractivity contribution is -0.113. The number of carbonyl (C=O) groups excluding carboxylic acids is 1. The molecule has 0 fully saturated rings. The zero-order valence-corrected chi connectivity index (χ0v) is 18.4. The fraction of sp³-hybridized carbons (Fsp3) is 0.0952. The summed E-state index contributed by atoms with van der Waals surface area (Å²) in [6, 6.07) is 9.50. The lowest BCUT2D eigenvalue weighted by Gasteiger charge is -2.14. The van der Waals surface area contributed by atoms with Crippen LogP contribution >= 0.6 is 34.7 Å². The number of carbonyl (C=O) groups is 1. The lowest BCUT2D eigenvalue weighted by atomic mass is 10.2. The number of hydrogen-bond acceptors (Lipinski definition) is 5. The van der Waals surface area contributed by atoms with Gasteiger partial charge >= 0.3 is 0 Å². The highest BCUT2D eigenvalue weighted by Crippen LogP contribution is 2.26. The Kier molecular flexibility index (Phi) is 6.08. The predicted octanol–water partition coefficient (Wildman–Crippen LogP) is 5.42. The van der Waals surface area contributed by atoms with Gasteiger partial charge in [-0.1, -0.05) is 23.4 Å². The zero-order chi connectivity index (χ0) is 22.1. The summed E-state index contributed by atoms with van der Waals surface area (Å²) in [6.07, 6.45) is 0. The number of halogens is 3. The molecule has 0 radical (unpaired) electrons. The number of benzene rings is 2. The second kappa shape index (κ2) is 8.78. The summed E-state index contributed by atoms with van der Waals surface area (Å²) in [5.74, 6) is -1.40. The molecule has 4 rings (SSSR count). The van der Waals surface area contributed by atoms with Crippen LogP contribution in [0.15, 0.2) is 57.8 Å². The van der Waals surface area contributed by atoms with Gasteiger partial charge in [0.15, 0.2) is 5.16 Å². The maximum Gasteiger partial charge on any atom is 0.276 e. The van der Waals surface area contributed by atoms with Crippen LogP contribution in [0.5, 0.6) is 0 Å². The molecule has 5 nitrogen and oxygen atoms in total. The third-order valence-electron chi connectivity index (χ3n) is 4.39. The van der Waals surface area contributed by atoms with Crippen molar-refractivity contribution in [3.05, 3.63) is 80.4 Å². The number of anilines is 1. The maximum atomic E-state index is 13.6. The topological polar surface area (TPSA) is 64.0 Å². The molecule has 1 amide bonds. The van der Waals surface area contributed by atoms with E-state index in [2.05, 4.69) is 10.3 Å². The molecular weight excluding hydrogens is 464 g/mol. The number of thiophene rings is 1. The molecule has 1 N–H and O–H groups in total. The highest BCUT2D eigenvalue weighted by Gasteiger charge is 2.17. The van der Waals surface area contributed by atoms with Crippen LogP contribution < -0.4 is 10.9 Å². The molecule has 0 aliphatic carbocycles. The number of rotatable bonds is 5. The van der Waals surface area contributed by atoms with Crippen molar-refractivity contribution >= 4 is 56.5 Å². The third kappa shape index (κ3) is 4.48. The van der Waals surface area contributed by atoms with E-state index in [-0.39, 0.29) is 22.0 Å². The first-order chi connectivity index (χ1) is 14.8. The van der Waals surface area contributed by atoms with Crippen LogP contribution in [-0.2, 0) is 4.79 Å². The molecule has 0 saturated heterocycles. The maximum absolute atomic E-state index is 13.6. The minimum Gasteiger partial charge on any atom is -0.324 e. The summed E-state index contributed by atoms with van der Waals surface area (Å²) in [5.41, 5.74) is 1.55. The Morgan fingerprint density at radius 1 is 1.19 bits per heavy atom. The van der Waals surface area contributed by atoms with Crippen LogP contribution in [-0.4, -0.2) is 21.2 Å². The second-order valence-electron chi connectivity index (χ2n) is 6.56. The molecule has 2 aromatic heterocycles. The van der Waals surface area contributed by atoms with Crippen LogP contribution in [0.4, 0.5) is 14.5 Å². The molecule has 158 valence electrons. The highest BCUT2D eigenvalue weighted by atomic mass is 35.5. The van der Waals surface area contributed by atoms with E-state index in [0.29, 0.717) is 26.6 Å². The first-order valence-electron chi connectivity index (χ1n) is 8.98. The summed E-state index contributed by atoms with van der Waals surface area (Å²) in [7, 11) is 0. The first-order valence-corrected chi connectivity index (χ1v) is 11.2. The van der Waals surface area contributed by atoms with Crippen LogP contribution in [0, 0.1) is 18.6 Å². The molecule has 0 aliphatic rings. The minimum atomic E-state index is -0.510. The molecule has 2 aromatic carbocycles. The molecule has 0 saturated carbocycles. The highest BCUT2D eigenvalue weighted by molar-refractivity contribution is 7.99. The number of nitrogens with zero attached hydrogens (tertiary/aromatic N) is 2. The Balaban J connectivity index is 1.66. The standard InChI is InChI=1S/C21H14ClF2N3O2S2/c1-11-8-12(23)3-5-17(11)27-20(29)19-16(6-7-30-19)26-21(27)31-10-18(28)25-15-4-2-13(24)9-14(15)22/h2-9H,10H2,1H3,(H,25,28). The van der Waals surface area contributed by atoms with Gasteiger partial charge in [0, 0.05) is 0 Å². The van der Waals surface area contributed by atoms with Crippen molar-refractivity contribution in [2.45, 2.75) is 12.1 Å². The van der Waals surface area contributed by atoms with Gasteiger partial charge in [-0.25, -0.2) is 13.8 Å². The number of aromatic nitrogens is 2. The van der Waals surface area contributed by atoms with Gasteiger partial charge in [0.05, 0.1) is 27.7 Å². The van der Waals surface area contributed by atoms with Crippen molar-refractivity contribution in [3.8, 4) is 5.69 Å². The van der Waals surface area contributed by atoms with E-state index >= 15 is 0 Å². The van der Waals surface area contributed by atoms with Gasteiger partial charge in [0.25, 0.3) is 5.56 Å². The smallest absolute Gasteiger partial charge is 0.276 e. The van der Waals surface area contributed by atoms with Crippen LogP contribution in [0.3, 0.4) is 0 Å². The molecule has 0 atom stereocenters. The number of hydrogen-bond donors (Lipinski definition) is 1. The molecule has 31 heavy (non-hydrogen) atoms. The van der Waals surface area contributed by atoms with Crippen LogP contribution in [0.1, 0.15) is 5.56 Å². The second-order valence-corrected chi connectivity index (χ2v) is 8.83. The molecule has 2 heterocycles. The van der Waals surface area contributed by atoms with Crippen molar-refractivity contribution in [2.24, 2.45) is 0 Å². The van der Waals surface area contributed by atoms with Crippen molar-refractivity contribution in [1.29, 1.82) is 0 Å². The quantitative estimate of drug-likeness (QED) is 0.308. The normalized spacial score (nSPS) is 11.1. The molecular formula is C21H14ClF2N3O2S2. The number of amides is 1. The Morgan fingerprint density at radius 3 is 2.68 bits per heavy atom. The van der Waals surface area contributed by atoms with E-state index in [1.54, 1.807) is 18.4 Å². The predicted molar refractivity (Wildman–Crippen MR) is 121 cm³/mol. The van der Waals surface area contributed by atoms with E-state index in [4.69, 9.17) is 11.6 Å². The lowest BCUT2D eigenvalue weighted by Crippen LogP contribution is -2.23. The van der Waals surface area contributed by atoms with Gasteiger partial charge in [-0.15, -0.1) is 11.3 Å². The third-order valence-corrected chi connectivity index (χ3v) is 6.53. The van der Waals surface area contributed by atoms with Gasteiger partial charge < -0.3 is 5.32 Å². The first kappa shape index (κ1) is 21.5. The number of fused-ring (bicyclic) bond motifs is 1. The number of aryl methyl sites for hydroxylation is 1. The summed E-state index contributed by atoms with van der Waals surface area (Å²) >= 11 is 8.27. The fourth-order valence-corrected chi connectivity index (χ4v) is 4.76. The van der Waals surface area contributed by atoms with Gasteiger partial charge in [-0.2, -0.15) is 0 Å². The largest absolute Gasteiger partial charge is 0.324 e. The van der Waals surface area contributed by atoms with Gasteiger partial charge in [-0.05, 0) is 60.3 Å². The number of thioether (sulfide) groups is 1.